The third-order valence-electron chi connectivity index (χ3n) is 6.35. The van der Waals surface area contributed by atoms with E-state index in [-0.39, 0.29) is 25.0 Å². The van der Waals surface area contributed by atoms with E-state index in [4.69, 9.17) is 32.7 Å². The van der Waals surface area contributed by atoms with Crippen molar-refractivity contribution in [3.63, 3.8) is 0 Å². The second-order valence-electron chi connectivity index (χ2n) is 9.14. The molecule has 0 aliphatic carbocycles. The van der Waals surface area contributed by atoms with Gasteiger partial charge in [-0.1, -0.05) is 89.9 Å². The van der Waals surface area contributed by atoms with E-state index < -0.39 is 6.04 Å². The SMILES string of the molecule is COc1ccc(CNC(=O)C(Cc2ccccc2)N(Cc2ccc(Cl)cc2)C(=O)COc2ccccc2Cl)cc1. The quantitative estimate of drug-likeness (QED) is 0.214. The molecule has 0 aliphatic heterocycles. The number of hydrogen-bond donors (Lipinski definition) is 1. The molecule has 2 amide bonds. The van der Waals surface area contributed by atoms with Gasteiger partial charge in [-0.2, -0.15) is 0 Å². The van der Waals surface area contributed by atoms with Crippen LogP contribution in [-0.4, -0.2) is 36.5 Å². The van der Waals surface area contributed by atoms with Crippen LogP contribution in [0.5, 0.6) is 11.5 Å². The van der Waals surface area contributed by atoms with Crippen molar-refractivity contribution in [2.24, 2.45) is 0 Å². The molecule has 1 N–H and O–H groups in total. The smallest absolute Gasteiger partial charge is 0.261 e. The third kappa shape index (κ3) is 8.25. The zero-order valence-corrected chi connectivity index (χ0v) is 23.6. The zero-order chi connectivity index (χ0) is 28.3. The molecule has 0 aliphatic rings. The lowest BCUT2D eigenvalue weighted by Crippen LogP contribution is -2.51. The van der Waals surface area contributed by atoms with Gasteiger partial charge in [-0.05, 0) is 53.1 Å². The Labute approximate surface area is 244 Å². The molecule has 40 heavy (non-hydrogen) atoms. The Kier molecular flexibility index (Phi) is 10.4. The average Bonchev–Trinajstić information content (AvgIpc) is 2.99. The minimum Gasteiger partial charge on any atom is -0.497 e. The molecule has 6 nitrogen and oxygen atoms in total. The van der Waals surface area contributed by atoms with Crippen molar-refractivity contribution < 1.29 is 19.1 Å². The van der Waals surface area contributed by atoms with Crippen LogP contribution in [0.25, 0.3) is 0 Å². The maximum Gasteiger partial charge on any atom is 0.261 e. The van der Waals surface area contributed by atoms with E-state index in [2.05, 4.69) is 5.32 Å². The highest BCUT2D eigenvalue weighted by Crippen LogP contribution is 2.24. The summed E-state index contributed by atoms with van der Waals surface area (Å²) in [6, 6.07) is 30.4. The van der Waals surface area contributed by atoms with E-state index in [1.165, 1.54) is 0 Å². The van der Waals surface area contributed by atoms with Crippen LogP contribution in [0.15, 0.2) is 103 Å². The zero-order valence-electron chi connectivity index (χ0n) is 22.1. The number of carbonyl (C=O) groups is 2. The fourth-order valence-electron chi connectivity index (χ4n) is 4.18. The lowest BCUT2D eigenvalue weighted by atomic mass is 10.0. The highest BCUT2D eigenvalue weighted by Gasteiger charge is 2.30. The van der Waals surface area contributed by atoms with Gasteiger partial charge in [0.1, 0.15) is 17.5 Å². The maximum absolute atomic E-state index is 13.7. The molecule has 4 rings (SSSR count). The molecule has 0 radical (unpaired) electrons. The first kappa shape index (κ1) is 29.0. The molecule has 0 saturated carbocycles. The second kappa shape index (κ2) is 14.4. The van der Waals surface area contributed by atoms with Crippen molar-refractivity contribution in [2.45, 2.75) is 25.6 Å². The molecule has 0 bridgehead atoms. The van der Waals surface area contributed by atoms with Gasteiger partial charge in [-0.3, -0.25) is 9.59 Å². The summed E-state index contributed by atoms with van der Waals surface area (Å²) in [5.41, 5.74) is 2.66. The number of hydrogen-bond acceptors (Lipinski definition) is 4. The molecular formula is C32H30Cl2N2O4. The first-order valence-electron chi connectivity index (χ1n) is 12.8. The van der Waals surface area contributed by atoms with Crippen LogP contribution in [0.4, 0.5) is 0 Å². The number of rotatable bonds is 12. The fraction of sp³-hybridized carbons (Fsp3) is 0.188. The molecule has 4 aromatic carbocycles. The van der Waals surface area contributed by atoms with E-state index in [1.54, 1.807) is 48.4 Å². The van der Waals surface area contributed by atoms with Crippen molar-refractivity contribution in [1.82, 2.24) is 10.2 Å². The summed E-state index contributed by atoms with van der Waals surface area (Å²) in [6.45, 7) is 0.205. The van der Waals surface area contributed by atoms with Gasteiger partial charge in [0.25, 0.3) is 5.91 Å². The third-order valence-corrected chi connectivity index (χ3v) is 6.92. The van der Waals surface area contributed by atoms with Gasteiger partial charge in [0.05, 0.1) is 12.1 Å². The Balaban J connectivity index is 1.60. The summed E-state index contributed by atoms with van der Waals surface area (Å²) in [6.07, 6.45) is 0.320. The Bertz CT molecular complexity index is 1400. The normalized spacial score (nSPS) is 11.4. The summed E-state index contributed by atoms with van der Waals surface area (Å²) < 4.78 is 11.0. The van der Waals surface area contributed by atoms with Crippen LogP contribution < -0.4 is 14.8 Å². The summed E-state index contributed by atoms with van der Waals surface area (Å²) in [5, 5.41) is 4.00. The van der Waals surface area contributed by atoms with E-state index >= 15 is 0 Å². The van der Waals surface area contributed by atoms with Gasteiger partial charge < -0.3 is 19.7 Å². The first-order chi connectivity index (χ1) is 19.4. The number of ether oxygens (including phenoxy) is 2. The number of halogens is 2. The lowest BCUT2D eigenvalue weighted by Gasteiger charge is -2.31. The van der Waals surface area contributed by atoms with Crippen LogP contribution in [-0.2, 0) is 29.1 Å². The van der Waals surface area contributed by atoms with E-state index in [0.29, 0.717) is 28.8 Å². The Morgan fingerprint density at radius 3 is 2.12 bits per heavy atom. The average molecular weight is 578 g/mol. The van der Waals surface area contributed by atoms with E-state index in [0.717, 1.165) is 22.4 Å². The van der Waals surface area contributed by atoms with E-state index in [1.807, 2.05) is 66.7 Å². The number of nitrogens with zero attached hydrogens (tertiary/aromatic N) is 1. The van der Waals surface area contributed by atoms with Crippen molar-refractivity contribution in [3.05, 3.63) is 130 Å². The number of para-hydroxylation sites is 1. The maximum atomic E-state index is 13.7. The van der Waals surface area contributed by atoms with Crippen molar-refractivity contribution >= 4 is 35.0 Å². The van der Waals surface area contributed by atoms with Gasteiger partial charge in [0, 0.05) is 24.5 Å². The van der Waals surface area contributed by atoms with Crippen LogP contribution in [0.2, 0.25) is 10.0 Å². The number of carbonyl (C=O) groups excluding carboxylic acids is 2. The molecule has 1 atom stereocenters. The second-order valence-corrected chi connectivity index (χ2v) is 9.98. The van der Waals surface area contributed by atoms with Crippen LogP contribution >= 0.6 is 23.2 Å². The number of amides is 2. The number of benzene rings is 4. The van der Waals surface area contributed by atoms with Crippen molar-refractivity contribution in [1.29, 1.82) is 0 Å². The standard InChI is InChI=1S/C32H30Cl2N2O4/c1-39-27-17-13-24(14-18-27)20-35-32(38)29(19-23-7-3-2-4-8-23)36(21-25-11-15-26(33)16-12-25)31(37)22-40-30-10-6-5-9-28(30)34/h2-18,29H,19-22H2,1H3,(H,35,38). The van der Waals surface area contributed by atoms with Crippen LogP contribution in [0.3, 0.4) is 0 Å². The Hall–Kier alpha value is -4.00. The molecule has 0 fully saturated rings. The van der Waals surface area contributed by atoms with Gasteiger partial charge in [-0.25, -0.2) is 0 Å². The highest BCUT2D eigenvalue weighted by atomic mass is 35.5. The van der Waals surface area contributed by atoms with E-state index in [9.17, 15) is 9.59 Å². The molecule has 0 heterocycles. The molecule has 8 heteroatoms. The predicted octanol–water partition coefficient (Wildman–Crippen LogP) is 6.34. The minimum atomic E-state index is -0.807. The molecule has 0 spiro atoms. The Morgan fingerprint density at radius 1 is 0.800 bits per heavy atom. The molecule has 0 aromatic heterocycles. The number of methoxy groups -OCH3 is 1. The molecule has 206 valence electrons. The van der Waals surface area contributed by atoms with Crippen molar-refractivity contribution in [2.75, 3.05) is 13.7 Å². The summed E-state index contributed by atoms with van der Waals surface area (Å²) in [7, 11) is 1.60. The molecular weight excluding hydrogens is 547 g/mol. The van der Waals surface area contributed by atoms with Gasteiger partial charge >= 0.3 is 0 Å². The first-order valence-corrected chi connectivity index (χ1v) is 13.5. The van der Waals surface area contributed by atoms with Gasteiger partial charge in [-0.15, -0.1) is 0 Å². The minimum absolute atomic E-state index is 0.190. The lowest BCUT2D eigenvalue weighted by molar-refractivity contribution is -0.142. The highest BCUT2D eigenvalue weighted by molar-refractivity contribution is 6.32. The molecule has 1 unspecified atom stereocenters. The van der Waals surface area contributed by atoms with Gasteiger partial charge in [0.2, 0.25) is 5.91 Å². The Morgan fingerprint density at radius 2 is 1.45 bits per heavy atom. The van der Waals surface area contributed by atoms with Crippen LogP contribution in [0, 0.1) is 0 Å². The molecule has 0 saturated heterocycles. The largest absolute Gasteiger partial charge is 0.497 e. The predicted molar refractivity (Wildman–Crippen MR) is 158 cm³/mol. The topological polar surface area (TPSA) is 67.9 Å². The monoisotopic (exact) mass is 576 g/mol. The number of nitrogens with one attached hydrogen (secondary N) is 1. The fourth-order valence-corrected chi connectivity index (χ4v) is 4.49. The van der Waals surface area contributed by atoms with Crippen molar-refractivity contribution in [3.8, 4) is 11.5 Å². The van der Waals surface area contributed by atoms with Crippen LogP contribution in [0.1, 0.15) is 16.7 Å². The van der Waals surface area contributed by atoms with Gasteiger partial charge in [0.15, 0.2) is 6.61 Å². The molecule has 4 aromatic rings. The summed E-state index contributed by atoms with van der Waals surface area (Å²) in [5.74, 6) is 0.498. The summed E-state index contributed by atoms with van der Waals surface area (Å²) >= 11 is 12.3. The summed E-state index contributed by atoms with van der Waals surface area (Å²) in [4.78, 5) is 29.0.